The van der Waals surface area contributed by atoms with Gasteiger partial charge in [-0.15, -0.1) is 11.3 Å². The zero-order valence-corrected chi connectivity index (χ0v) is 49.4. The van der Waals surface area contributed by atoms with Crippen molar-refractivity contribution in [3.05, 3.63) is 188 Å². The highest BCUT2D eigenvalue weighted by atomic mass is 127. The number of nitro benzene ring substituents is 1. The first-order chi connectivity index (χ1) is 33.2. The molecule has 4 aliphatic rings. The van der Waals surface area contributed by atoms with Crippen LogP contribution in [0.1, 0.15) is 43.0 Å². The third-order valence-corrected chi connectivity index (χ3v) is 17.4. The maximum atomic E-state index is 12.9. The van der Waals surface area contributed by atoms with Crippen molar-refractivity contribution in [3.63, 3.8) is 0 Å². The Labute approximate surface area is 482 Å². The van der Waals surface area contributed by atoms with E-state index >= 15 is 0 Å². The molecular formula is C51H37Cl3I4N4O8S. The minimum Gasteiger partial charge on any atom is -1.00 e. The van der Waals surface area contributed by atoms with Gasteiger partial charge in [-0.3, -0.25) is 14.9 Å². The second-order valence-electron chi connectivity index (χ2n) is 16.3. The number of nitrogens with zero attached hydrogens (tertiary/aromatic N) is 3. The monoisotopic (exact) mass is 1480 g/mol. The number of esters is 1. The molecular weight excluding hydrogens is 1440 g/mol. The van der Waals surface area contributed by atoms with Crippen molar-refractivity contribution in [2.75, 3.05) is 38.4 Å². The van der Waals surface area contributed by atoms with Crippen molar-refractivity contribution in [1.82, 2.24) is 4.58 Å². The number of benzene rings is 7. The van der Waals surface area contributed by atoms with Crippen LogP contribution in [0.4, 0.5) is 17.1 Å². The molecule has 3 heterocycles. The van der Waals surface area contributed by atoms with Crippen molar-refractivity contribution in [1.29, 1.82) is 0 Å². The number of fused-ring (bicyclic) bond motifs is 8. The summed E-state index contributed by atoms with van der Waals surface area (Å²) in [6.07, 6.45) is 0. The minimum absolute atomic E-state index is 0. The Bertz CT molecular complexity index is 3470. The molecule has 1 spiro atoms. The predicted octanol–water partition coefficient (Wildman–Crippen LogP) is 10.7. The van der Waals surface area contributed by atoms with E-state index in [0.29, 0.717) is 24.2 Å². The third kappa shape index (κ3) is 10.7. The maximum Gasteiger partial charge on any atom is 0.340 e. The molecule has 0 fully saturated rings. The van der Waals surface area contributed by atoms with Crippen LogP contribution in [0.3, 0.4) is 0 Å². The number of aromatic hydroxyl groups is 2. The molecule has 6 aromatic rings. The molecule has 71 heavy (non-hydrogen) atoms. The standard InChI is InChI=1S/C21H10I4O4.C17H19N2S.C13H8Cl2N2O4.ClH/c1-8-13(22)6-11-18(15(8)24)28-19-12(7-14(23)17(26)16(19)25)21(11)10-5-3-2-4-9(10)20(27)29-21;1-18(2)14-7-5-12-9-13-6-8-15(19(3)4)11-17(13)20-16(12)10-14;14-7-1-4-12(18)9(5-7)13(19)16-11-3-2-8(17(20)21)6-10(11)15;/h2-7,26H,1H3;5-11H,1-4H3;1-6,18H,(H,16,19);1H/q;+1;;/p-1. The number of hydrogen-bond donors (Lipinski definition) is 3. The summed E-state index contributed by atoms with van der Waals surface area (Å²) in [4.78, 5) is 38.4. The largest absolute Gasteiger partial charge is 1.00 e. The summed E-state index contributed by atoms with van der Waals surface area (Å²) in [6.45, 7) is 2.04. The topological polar surface area (TPSA) is 154 Å². The van der Waals surface area contributed by atoms with E-state index in [9.17, 15) is 29.9 Å². The second kappa shape index (κ2) is 22.1. The van der Waals surface area contributed by atoms with Crippen molar-refractivity contribution < 1.29 is 46.6 Å². The van der Waals surface area contributed by atoms with Crippen LogP contribution in [0.15, 0.2) is 115 Å². The number of nitro groups is 1. The van der Waals surface area contributed by atoms with Gasteiger partial charge < -0.3 is 42.3 Å². The number of non-ortho nitro benzene ring substituents is 1. The fourth-order valence-corrected chi connectivity index (χ4v) is 12.8. The summed E-state index contributed by atoms with van der Waals surface area (Å²) in [7, 11) is 8.32. The molecule has 6 aromatic carbocycles. The first kappa shape index (κ1) is 54.5. The van der Waals surface area contributed by atoms with Crippen LogP contribution in [-0.2, 0) is 10.3 Å². The Morgan fingerprint density at radius 2 is 1.51 bits per heavy atom. The summed E-state index contributed by atoms with van der Waals surface area (Å²) in [6, 6.07) is 34.6. The van der Waals surface area contributed by atoms with Crippen LogP contribution in [-0.4, -0.2) is 55.2 Å². The number of hydrogen-bond acceptors (Lipinski definition) is 10. The Morgan fingerprint density at radius 3 is 2.18 bits per heavy atom. The molecule has 3 aliphatic heterocycles. The van der Waals surface area contributed by atoms with Crippen molar-refractivity contribution in [3.8, 4) is 33.4 Å². The fraction of sp³-hybridized carbons (Fsp3) is 0.118. The minimum atomic E-state index is -1.11. The molecule has 364 valence electrons. The van der Waals surface area contributed by atoms with Crippen LogP contribution in [0.2, 0.25) is 10.0 Å². The molecule has 1 atom stereocenters. The summed E-state index contributed by atoms with van der Waals surface area (Å²) in [5, 5.41) is 36.1. The Morgan fingerprint density at radius 1 is 0.817 bits per heavy atom. The van der Waals surface area contributed by atoms with Gasteiger partial charge in [0.2, 0.25) is 5.36 Å². The van der Waals surface area contributed by atoms with E-state index in [2.05, 4.69) is 176 Å². The number of carbonyl (C=O) groups is 2. The van der Waals surface area contributed by atoms with Gasteiger partial charge in [0, 0.05) is 73.3 Å². The summed E-state index contributed by atoms with van der Waals surface area (Å²) < 4.78 is 19.4. The van der Waals surface area contributed by atoms with E-state index in [1.54, 1.807) is 6.07 Å². The van der Waals surface area contributed by atoms with E-state index < -0.39 is 16.4 Å². The first-order valence-electron chi connectivity index (χ1n) is 20.8. The zero-order valence-electron chi connectivity index (χ0n) is 37.7. The van der Waals surface area contributed by atoms with E-state index in [1.807, 2.05) is 48.6 Å². The number of phenols is 2. The van der Waals surface area contributed by atoms with Crippen molar-refractivity contribution in [2.24, 2.45) is 0 Å². The molecule has 0 radical (unpaired) electrons. The highest BCUT2D eigenvalue weighted by Crippen LogP contribution is 2.59. The lowest BCUT2D eigenvalue weighted by Crippen LogP contribution is -3.00. The maximum absolute atomic E-state index is 12.9. The van der Waals surface area contributed by atoms with Gasteiger partial charge in [-0.2, -0.15) is 0 Å². The van der Waals surface area contributed by atoms with Gasteiger partial charge in [0.25, 0.3) is 11.6 Å². The van der Waals surface area contributed by atoms with Gasteiger partial charge in [0.1, 0.15) is 31.3 Å². The number of anilines is 2. The second-order valence-corrected chi connectivity index (χ2v) is 22.7. The SMILES string of the molecule is CN(C)c1ccc2cc3ccc(=[N+](C)C)cc-3sc2c1.Cc1c(I)cc2c(c1I)Oc1c(cc(I)c(O)c1I)C21OC(=O)c2ccccc21.O=C(Nc1ccc([N+](=O)[O-])cc1Cl)c1cc(Cl)ccc1O.[Cl-]. The number of phenolic OH excluding ortho intramolecular Hbond substituents is 2. The highest BCUT2D eigenvalue weighted by Gasteiger charge is 2.55. The van der Waals surface area contributed by atoms with E-state index in [1.165, 1.54) is 61.9 Å². The molecule has 0 aromatic heterocycles. The van der Waals surface area contributed by atoms with Crippen LogP contribution < -0.4 is 37.3 Å². The molecule has 0 saturated carbocycles. The summed E-state index contributed by atoms with van der Waals surface area (Å²) in [5.74, 6) is 0.125. The highest BCUT2D eigenvalue weighted by molar-refractivity contribution is 14.1. The van der Waals surface area contributed by atoms with E-state index in [4.69, 9.17) is 32.7 Å². The molecule has 1 aliphatic carbocycles. The average molecular weight is 1480 g/mol. The third-order valence-electron chi connectivity index (χ3n) is 11.5. The predicted molar refractivity (Wildman–Crippen MR) is 311 cm³/mol. The smallest absolute Gasteiger partial charge is 0.340 e. The molecule has 12 nitrogen and oxygen atoms in total. The number of ether oxygens (including phenoxy) is 2. The van der Waals surface area contributed by atoms with Gasteiger partial charge in [0.15, 0.2) is 11.4 Å². The molecule has 0 bridgehead atoms. The lowest BCUT2D eigenvalue weighted by atomic mass is 9.77. The van der Waals surface area contributed by atoms with Gasteiger partial charge in [-0.05, 0) is 181 Å². The molecule has 10 rings (SSSR count). The Hall–Kier alpha value is -4.24. The van der Waals surface area contributed by atoms with Gasteiger partial charge in [0.05, 0.1) is 43.0 Å². The molecule has 20 heteroatoms. The quantitative estimate of drug-likeness (QED) is 0.0390. The van der Waals surface area contributed by atoms with Gasteiger partial charge in [-0.1, -0.05) is 47.5 Å². The lowest BCUT2D eigenvalue weighted by Gasteiger charge is -2.38. The summed E-state index contributed by atoms with van der Waals surface area (Å²) in [5.41, 5.74) is 5.39. The Kier molecular flexibility index (Phi) is 17.0. The number of halogens is 7. The van der Waals surface area contributed by atoms with Crippen molar-refractivity contribution >= 4 is 164 Å². The number of rotatable bonds is 4. The van der Waals surface area contributed by atoms with Crippen LogP contribution in [0, 0.1) is 31.3 Å². The fourth-order valence-electron chi connectivity index (χ4n) is 7.77. The molecule has 3 N–H and O–H groups in total. The number of amides is 1. The van der Waals surface area contributed by atoms with Crippen LogP contribution in [0.5, 0.6) is 23.0 Å². The van der Waals surface area contributed by atoms with Crippen LogP contribution in [0.25, 0.3) is 20.5 Å². The van der Waals surface area contributed by atoms with Crippen molar-refractivity contribution in [2.45, 2.75) is 12.5 Å². The van der Waals surface area contributed by atoms with E-state index in [0.717, 1.165) is 35.5 Å². The molecule has 0 saturated heterocycles. The molecule has 1 amide bonds. The normalized spacial score (nSPS) is 13.8. The zero-order chi connectivity index (χ0) is 50.5. The first-order valence-corrected chi connectivity index (χ1v) is 26.7. The average Bonchev–Trinajstić information content (AvgIpc) is 3.63. The van der Waals surface area contributed by atoms with Gasteiger partial charge in [-0.25, -0.2) is 9.37 Å². The van der Waals surface area contributed by atoms with Gasteiger partial charge >= 0.3 is 5.97 Å². The Balaban J connectivity index is 0.000000159. The van der Waals surface area contributed by atoms with Crippen LogP contribution >= 0.6 is 125 Å². The lowest BCUT2D eigenvalue weighted by molar-refractivity contribution is -0.384. The number of carbonyl (C=O) groups excluding carboxylic acids is 2. The summed E-state index contributed by atoms with van der Waals surface area (Å²) >= 11 is 22.3. The van der Waals surface area contributed by atoms with E-state index in [-0.39, 0.29) is 56.9 Å². The number of nitrogens with one attached hydrogen (secondary N) is 1. The molecule has 1 unspecified atom stereocenters.